The Balaban J connectivity index is 2.23. The van der Waals surface area contributed by atoms with Crippen molar-refractivity contribution in [3.05, 3.63) is 0 Å². The van der Waals surface area contributed by atoms with Crippen LogP contribution in [0.3, 0.4) is 0 Å². The third-order valence-corrected chi connectivity index (χ3v) is 3.73. The molecule has 2 heterocycles. The average Bonchev–Trinajstić information content (AvgIpc) is 2.59. The van der Waals surface area contributed by atoms with Crippen molar-refractivity contribution in [2.24, 2.45) is 0 Å². The third kappa shape index (κ3) is 2.28. The number of nitrogens with two attached hydrogens (primary N) is 1. The van der Waals surface area contributed by atoms with E-state index in [1.807, 2.05) is 11.9 Å². The molecule has 1 aromatic rings. The molecule has 1 saturated heterocycles. The van der Waals surface area contributed by atoms with Gasteiger partial charge in [0.15, 0.2) is 16.6 Å². The summed E-state index contributed by atoms with van der Waals surface area (Å²) in [7, 11) is 3.39. The number of rotatable bonds is 2. The quantitative estimate of drug-likeness (QED) is 0.829. The van der Waals surface area contributed by atoms with Gasteiger partial charge in [-0.1, -0.05) is 0 Å². The highest BCUT2D eigenvalue weighted by Gasteiger charge is 2.24. The van der Waals surface area contributed by atoms with Gasteiger partial charge in [0.2, 0.25) is 5.91 Å². The monoisotopic (exact) mass is 256 g/mol. The van der Waals surface area contributed by atoms with E-state index in [1.54, 1.807) is 12.0 Å². The zero-order valence-electron chi connectivity index (χ0n) is 9.97. The van der Waals surface area contributed by atoms with Crippen LogP contribution in [0.1, 0.15) is 6.42 Å². The number of carbonyl (C=O) groups excluding carboxylic acids is 1. The fraction of sp³-hybridized carbons (Fsp3) is 0.600. The van der Waals surface area contributed by atoms with E-state index in [2.05, 4.69) is 4.37 Å². The van der Waals surface area contributed by atoms with Crippen molar-refractivity contribution in [1.82, 2.24) is 9.27 Å². The standard InChI is InChI=1S/C10H16N4O2S/c1-13-4-3-5-14(6-7(13)15)10-8(16-2)9(11)12-17-10/h3-6H2,1-2H3,(H2,11,12). The summed E-state index contributed by atoms with van der Waals surface area (Å²) in [5, 5.41) is 0.841. The van der Waals surface area contributed by atoms with Crippen LogP contribution in [0.4, 0.5) is 10.8 Å². The Morgan fingerprint density at radius 2 is 2.24 bits per heavy atom. The highest BCUT2D eigenvalue weighted by molar-refractivity contribution is 7.11. The van der Waals surface area contributed by atoms with Crippen LogP contribution in [0.2, 0.25) is 0 Å². The number of methoxy groups -OCH3 is 1. The third-order valence-electron chi connectivity index (χ3n) is 2.82. The summed E-state index contributed by atoms with van der Waals surface area (Å²) in [4.78, 5) is 15.5. The number of likely N-dealkylation sites (N-methyl/N-ethyl adjacent to an activating group) is 1. The topological polar surface area (TPSA) is 71.7 Å². The molecule has 0 aromatic carbocycles. The number of carbonyl (C=O) groups is 1. The van der Waals surface area contributed by atoms with Crippen molar-refractivity contribution in [3.8, 4) is 5.75 Å². The second kappa shape index (κ2) is 4.79. The first-order valence-electron chi connectivity index (χ1n) is 5.41. The van der Waals surface area contributed by atoms with Crippen molar-refractivity contribution in [3.63, 3.8) is 0 Å². The Labute approximate surface area is 104 Å². The van der Waals surface area contributed by atoms with Crippen LogP contribution in [0, 0.1) is 0 Å². The minimum atomic E-state index is 0.108. The first-order chi connectivity index (χ1) is 8.13. The lowest BCUT2D eigenvalue weighted by Crippen LogP contribution is -2.34. The van der Waals surface area contributed by atoms with Gasteiger partial charge in [-0.2, -0.15) is 4.37 Å². The van der Waals surface area contributed by atoms with Crippen molar-refractivity contribution < 1.29 is 9.53 Å². The number of hydrogen-bond donors (Lipinski definition) is 1. The maximum Gasteiger partial charge on any atom is 0.241 e. The van der Waals surface area contributed by atoms with Gasteiger partial charge >= 0.3 is 0 Å². The van der Waals surface area contributed by atoms with Crippen LogP contribution < -0.4 is 15.4 Å². The number of hydrogen-bond acceptors (Lipinski definition) is 6. The summed E-state index contributed by atoms with van der Waals surface area (Å²) in [5.41, 5.74) is 5.71. The largest absolute Gasteiger partial charge is 0.490 e. The highest BCUT2D eigenvalue weighted by Crippen LogP contribution is 2.38. The minimum Gasteiger partial charge on any atom is -0.490 e. The molecule has 1 aromatic heterocycles. The smallest absolute Gasteiger partial charge is 0.241 e. The molecule has 0 atom stereocenters. The first kappa shape index (κ1) is 12.0. The maximum absolute atomic E-state index is 11.8. The van der Waals surface area contributed by atoms with Crippen molar-refractivity contribution in [1.29, 1.82) is 0 Å². The van der Waals surface area contributed by atoms with Crippen molar-refractivity contribution in [2.45, 2.75) is 6.42 Å². The Morgan fingerprint density at radius 3 is 2.94 bits per heavy atom. The van der Waals surface area contributed by atoms with Crippen LogP contribution in [0.15, 0.2) is 0 Å². The molecule has 7 heteroatoms. The van der Waals surface area contributed by atoms with Crippen molar-refractivity contribution in [2.75, 3.05) is 44.4 Å². The van der Waals surface area contributed by atoms with Gasteiger partial charge in [-0.3, -0.25) is 4.79 Å². The number of anilines is 2. The molecule has 2 rings (SSSR count). The van der Waals surface area contributed by atoms with E-state index in [0.717, 1.165) is 24.5 Å². The zero-order valence-corrected chi connectivity index (χ0v) is 10.8. The SMILES string of the molecule is COc1c(N)nsc1N1CCCN(C)C(=O)C1. The molecule has 0 saturated carbocycles. The molecule has 1 fully saturated rings. The highest BCUT2D eigenvalue weighted by atomic mass is 32.1. The van der Waals surface area contributed by atoms with E-state index in [0.29, 0.717) is 18.1 Å². The molecular formula is C10H16N4O2S. The summed E-state index contributed by atoms with van der Waals surface area (Å²) >= 11 is 1.27. The van der Waals surface area contributed by atoms with E-state index < -0.39 is 0 Å². The minimum absolute atomic E-state index is 0.108. The van der Waals surface area contributed by atoms with Gasteiger partial charge in [0.05, 0.1) is 13.7 Å². The van der Waals surface area contributed by atoms with Gasteiger partial charge < -0.3 is 20.3 Å². The fourth-order valence-electron chi connectivity index (χ4n) is 1.84. The van der Waals surface area contributed by atoms with Gasteiger partial charge in [-0.05, 0) is 18.0 Å². The Bertz CT molecular complexity index is 420. The number of amides is 1. The second-order valence-electron chi connectivity index (χ2n) is 4.00. The Hall–Kier alpha value is -1.50. The van der Waals surface area contributed by atoms with Crippen LogP contribution in [0.25, 0.3) is 0 Å². The number of aromatic nitrogens is 1. The zero-order chi connectivity index (χ0) is 12.4. The van der Waals surface area contributed by atoms with Crippen molar-refractivity contribution >= 4 is 28.3 Å². The number of nitrogen functional groups attached to an aromatic ring is 1. The molecule has 0 radical (unpaired) electrons. The molecule has 1 amide bonds. The predicted molar refractivity (Wildman–Crippen MR) is 67.5 cm³/mol. The summed E-state index contributed by atoms with van der Waals surface area (Å²) in [6, 6.07) is 0. The second-order valence-corrected chi connectivity index (χ2v) is 4.75. The molecule has 94 valence electrons. The normalized spacial score (nSPS) is 17.2. The summed E-state index contributed by atoms with van der Waals surface area (Å²) in [5.74, 6) is 1.07. The summed E-state index contributed by atoms with van der Waals surface area (Å²) < 4.78 is 9.29. The first-order valence-corrected chi connectivity index (χ1v) is 6.19. The summed E-state index contributed by atoms with van der Waals surface area (Å²) in [6.07, 6.45) is 0.934. The fourth-order valence-corrected chi connectivity index (χ4v) is 2.65. The van der Waals surface area contributed by atoms with E-state index >= 15 is 0 Å². The van der Waals surface area contributed by atoms with E-state index in [1.165, 1.54) is 11.5 Å². The molecule has 0 spiro atoms. The molecule has 2 N–H and O–H groups in total. The van der Waals surface area contributed by atoms with Gasteiger partial charge in [0, 0.05) is 20.1 Å². The Kier molecular flexibility index (Phi) is 3.37. The molecule has 6 nitrogen and oxygen atoms in total. The molecule has 0 bridgehead atoms. The lowest BCUT2D eigenvalue weighted by Gasteiger charge is -2.20. The van der Waals surface area contributed by atoms with Crippen LogP contribution >= 0.6 is 11.5 Å². The molecule has 0 unspecified atom stereocenters. The molecule has 1 aliphatic heterocycles. The van der Waals surface area contributed by atoms with Crippen LogP contribution in [-0.4, -0.2) is 49.0 Å². The van der Waals surface area contributed by atoms with Crippen LogP contribution in [-0.2, 0) is 4.79 Å². The average molecular weight is 256 g/mol. The van der Waals surface area contributed by atoms with E-state index in [9.17, 15) is 4.79 Å². The van der Waals surface area contributed by atoms with Gasteiger partial charge in [0.1, 0.15) is 0 Å². The van der Waals surface area contributed by atoms with Crippen LogP contribution in [0.5, 0.6) is 5.75 Å². The summed E-state index contributed by atoms with van der Waals surface area (Å²) in [6.45, 7) is 1.95. The van der Waals surface area contributed by atoms with Gasteiger partial charge in [-0.15, -0.1) is 0 Å². The lowest BCUT2D eigenvalue weighted by atomic mass is 10.4. The van der Waals surface area contributed by atoms with E-state index in [-0.39, 0.29) is 5.91 Å². The number of nitrogens with zero attached hydrogens (tertiary/aromatic N) is 3. The van der Waals surface area contributed by atoms with E-state index in [4.69, 9.17) is 10.5 Å². The maximum atomic E-state index is 11.8. The molecular weight excluding hydrogens is 240 g/mol. The lowest BCUT2D eigenvalue weighted by molar-refractivity contribution is -0.127. The number of ether oxygens (including phenoxy) is 1. The van der Waals surface area contributed by atoms with Gasteiger partial charge in [-0.25, -0.2) is 0 Å². The Morgan fingerprint density at radius 1 is 1.47 bits per heavy atom. The van der Waals surface area contributed by atoms with Gasteiger partial charge in [0.25, 0.3) is 0 Å². The predicted octanol–water partition coefficient (Wildman–Crippen LogP) is 0.402. The molecule has 0 aliphatic carbocycles. The molecule has 1 aliphatic rings. The molecule has 17 heavy (non-hydrogen) atoms.